The fraction of sp³-hybridized carbons (Fsp3) is 0.0877. The Morgan fingerprint density at radius 2 is 0.704 bits per heavy atom. The van der Waals surface area contributed by atoms with Crippen LogP contribution in [0, 0.1) is 13.8 Å². The van der Waals surface area contributed by atoms with Gasteiger partial charge in [-0.2, -0.15) is 0 Å². The molecule has 0 saturated heterocycles. The van der Waals surface area contributed by atoms with Gasteiger partial charge in [-0.15, -0.1) is 0 Å². The summed E-state index contributed by atoms with van der Waals surface area (Å²) in [6.07, 6.45) is 0.482. The van der Waals surface area contributed by atoms with Crippen LogP contribution in [0.15, 0.2) is 140 Å². The molecule has 14 nitrogen and oxygen atoms in total. The first kappa shape index (κ1) is 44.0. The van der Waals surface area contributed by atoms with Crippen molar-refractivity contribution in [2.75, 3.05) is 16.8 Å². The van der Waals surface area contributed by atoms with Crippen molar-refractivity contribution in [1.29, 1.82) is 0 Å². The van der Waals surface area contributed by atoms with Gasteiger partial charge in [-0.25, -0.2) is 9.80 Å². The first-order valence-corrected chi connectivity index (χ1v) is 22.4. The Kier molecular flexibility index (Phi) is 10.1. The molecule has 0 atom stereocenters. The van der Waals surface area contributed by atoms with Crippen LogP contribution in [0.3, 0.4) is 0 Å². The number of fused-ring (bicyclic) bond motifs is 4. The van der Waals surface area contributed by atoms with Gasteiger partial charge in [-0.05, 0) is 121 Å². The number of benzene rings is 7. The molecule has 0 unspecified atom stereocenters. The summed E-state index contributed by atoms with van der Waals surface area (Å²) in [5.41, 5.74) is 6.78. The number of imide groups is 4. The van der Waals surface area contributed by atoms with Crippen LogP contribution in [0.2, 0.25) is 0 Å². The highest BCUT2D eigenvalue weighted by Gasteiger charge is 2.40. The smallest absolute Gasteiger partial charge is 0.266 e. The zero-order chi connectivity index (χ0) is 49.7. The van der Waals surface area contributed by atoms with Crippen LogP contribution in [0.25, 0.3) is 0 Å². The van der Waals surface area contributed by atoms with Gasteiger partial charge in [-0.1, -0.05) is 66.7 Å². The van der Waals surface area contributed by atoms with E-state index in [4.69, 9.17) is 0 Å². The Balaban J connectivity index is 0.728. The summed E-state index contributed by atoms with van der Waals surface area (Å²) in [5, 5.41) is 0. The first-order valence-electron chi connectivity index (χ1n) is 22.4. The fourth-order valence-electron chi connectivity index (χ4n) is 9.45. The van der Waals surface area contributed by atoms with Gasteiger partial charge in [0.1, 0.15) is 0 Å². The van der Waals surface area contributed by atoms with Gasteiger partial charge in [0.25, 0.3) is 47.3 Å². The highest BCUT2D eigenvalue weighted by atomic mass is 16.2. The zero-order valence-electron chi connectivity index (χ0n) is 38.1. The highest BCUT2D eigenvalue weighted by Crippen LogP contribution is 2.34. The summed E-state index contributed by atoms with van der Waals surface area (Å²) in [5.74, 6) is -5.18. The Morgan fingerprint density at radius 1 is 0.352 bits per heavy atom. The van der Waals surface area contributed by atoms with E-state index in [9.17, 15) is 47.9 Å². The number of anilines is 2. The molecular formula is C57H36N4O10. The molecule has 0 fully saturated rings. The van der Waals surface area contributed by atoms with E-state index < -0.39 is 58.8 Å². The lowest BCUT2D eigenvalue weighted by Crippen LogP contribution is -2.29. The maximum absolute atomic E-state index is 13.8. The molecular weight excluding hydrogens is 901 g/mol. The Morgan fingerprint density at radius 3 is 1.20 bits per heavy atom. The number of carbonyl (C=O) groups is 10. The number of carbonyl (C=O) groups excluding carboxylic acids is 10. The van der Waals surface area contributed by atoms with Gasteiger partial charge >= 0.3 is 0 Å². The van der Waals surface area contributed by atoms with E-state index in [-0.39, 0.29) is 73.3 Å². The third-order valence-corrected chi connectivity index (χ3v) is 13.6. The average Bonchev–Trinajstić information content (AvgIpc) is 3.97. The maximum Gasteiger partial charge on any atom is 0.266 e. The summed E-state index contributed by atoms with van der Waals surface area (Å²) < 4.78 is 0. The topological polar surface area (TPSA) is 184 Å². The Bertz CT molecular complexity index is 3690. The third-order valence-electron chi connectivity index (χ3n) is 13.6. The second-order valence-corrected chi connectivity index (χ2v) is 17.9. The molecule has 71 heavy (non-hydrogen) atoms. The minimum absolute atomic E-state index is 0.0203. The molecule has 0 aliphatic carbocycles. The standard InChI is InChI=1S/C57H36N4O10/c1-29-4-15-39(22-30(29)2)61-55(69)43-21-14-37(27-47(43)57(61)71)49(63)35-12-19-41-45(25-35)53(67)59(52(41)66)28-33-7-5-31(6-8-33)23-32-9-16-38(17-10-32)60-54(68)42-20-13-36(26-46(42)56(60)70)48(62)34-11-18-40-44(24-34)51(65)58(3)50(40)64/h4-22,24-27H,23,28H2,1-3H3. The van der Waals surface area contributed by atoms with Crippen molar-refractivity contribution in [1.82, 2.24) is 9.80 Å². The minimum atomic E-state index is -0.596. The van der Waals surface area contributed by atoms with Crippen LogP contribution < -0.4 is 9.80 Å². The monoisotopic (exact) mass is 936 g/mol. The van der Waals surface area contributed by atoms with E-state index in [1.54, 1.807) is 36.4 Å². The first-order chi connectivity index (χ1) is 34.1. The number of amides is 8. The van der Waals surface area contributed by atoms with E-state index in [0.717, 1.165) is 41.9 Å². The largest absolute Gasteiger partial charge is 0.289 e. The molecule has 344 valence electrons. The average molecular weight is 937 g/mol. The fourth-order valence-corrected chi connectivity index (χ4v) is 9.45. The molecule has 14 heteroatoms. The molecule has 11 rings (SSSR count). The maximum atomic E-state index is 13.8. The van der Waals surface area contributed by atoms with E-state index in [0.29, 0.717) is 23.4 Å². The van der Waals surface area contributed by atoms with Crippen molar-refractivity contribution in [3.63, 3.8) is 0 Å². The zero-order valence-corrected chi connectivity index (χ0v) is 38.1. The van der Waals surface area contributed by atoms with Crippen molar-refractivity contribution >= 4 is 70.2 Å². The van der Waals surface area contributed by atoms with Crippen molar-refractivity contribution in [2.24, 2.45) is 0 Å². The van der Waals surface area contributed by atoms with E-state index in [1.807, 2.05) is 44.2 Å². The molecule has 4 aliphatic heterocycles. The van der Waals surface area contributed by atoms with E-state index in [1.165, 1.54) is 79.8 Å². The summed E-state index contributed by atoms with van der Waals surface area (Å²) in [4.78, 5) is 137. The van der Waals surface area contributed by atoms with Crippen LogP contribution in [0.4, 0.5) is 11.4 Å². The van der Waals surface area contributed by atoms with E-state index >= 15 is 0 Å². The quantitative estimate of drug-likeness (QED) is 0.0963. The summed E-state index contributed by atoms with van der Waals surface area (Å²) in [7, 11) is 1.36. The summed E-state index contributed by atoms with van der Waals surface area (Å²) in [6, 6.07) is 36.7. The summed E-state index contributed by atoms with van der Waals surface area (Å²) in [6.45, 7) is 3.80. The van der Waals surface area contributed by atoms with Crippen LogP contribution in [0.5, 0.6) is 0 Å². The normalized spacial score (nSPS) is 14.7. The van der Waals surface area contributed by atoms with Gasteiger partial charge in [0, 0.05) is 29.3 Å². The highest BCUT2D eigenvalue weighted by molar-refractivity contribution is 6.36. The lowest BCUT2D eigenvalue weighted by Gasteiger charge is -2.15. The van der Waals surface area contributed by atoms with Gasteiger partial charge in [0.2, 0.25) is 0 Å². The van der Waals surface area contributed by atoms with Crippen molar-refractivity contribution in [3.05, 3.63) is 234 Å². The van der Waals surface area contributed by atoms with Crippen molar-refractivity contribution < 1.29 is 47.9 Å². The second-order valence-electron chi connectivity index (χ2n) is 17.9. The molecule has 0 N–H and O–H groups in total. The number of ketones is 2. The number of hydrogen-bond donors (Lipinski definition) is 0. The molecule has 0 bridgehead atoms. The number of rotatable bonds is 10. The molecule has 0 aromatic heterocycles. The predicted molar refractivity (Wildman–Crippen MR) is 257 cm³/mol. The minimum Gasteiger partial charge on any atom is -0.289 e. The van der Waals surface area contributed by atoms with E-state index in [2.05, 4.69) is 0 Å². The molecule has 0 saturated carbocycles. The van der Waals surface area contributed by atoms with Gasteiger partial charge in [0.05, 0.1) is 62.4 Å². The molecule has 7 aromatic rings. The number of nitrogens with zero attached hydrogens (tertiary/aromatic N) is 4. The third kappa shape index (κ3) is 7.02. The van der Waals surface area contributed by atoms with Gasteiger partial charge in [-0.3, -0.25) is 57.7 Å². The van der Waals surface area contributed by atoms with Crippen molar-refractivity contribution in [3.8, 4) is 0 Å². The molecule has 0 spiro atoms. The van der Waals surface area contributed by atoms with Crippen LogP contribution in [0.1, 0.15) is 143 Å². The SMILES string of the molecule is Cc1ccc(N2C(=O)c3ccc(C(=O)c4ccc5c(c4)C(=O)N(Cc4ccc(Cc6ccc(N7C(=O)c8ccc(C(=O)c9ccc%10c(c9)C(=O)N(C)C%10=O)cc8C7=O)cc6)cc4)C5=O)cc3C2=O)cc1C. The summed E-state index contributed by atoms with van der Waals surface area (Å²) >= 11 is 0. The lowest BCUT2D eigenvalue weighted by molar-refractivity contribution is 0.0637. The molecule has 8 amide bonds. The number of hydrogen-bond acceptors (Lipinski definition) is 10. The van der Waals surface area contributed by atoms with Gasteiger partial charge in [0.15, 0.2) is 11.6 Å². The van der Waals surface area contributed by atoms with Gasteiger partial charge < -0.3 is 0 Å². The Labute approximate surface area is 404 Å². The van der Waals surface area contributed by atoms with Crippen LogP contribution >= 0.6 is 0 Å². The molecule has 0 radical (unpaired) electrons. The molecule has 4 aliphatic rings. The lowest BCUT2D eigenvalue weighted by atomic mass is 9.96. The van der Waals surface area contributed by atoms with Crippen LogP contribution in [-0.2, 0) is 13.0 Å². The van der Waals surface area contributed by atoms with Crippen molar-refractivity contribution in [2.45, 2.75) is 26.8 Å². The molecule has 7 aromatic carbocycles. The molecule has 4 heterocycles. The number of aryl methyl sites for hydroxylation is 2. The van der Waals surface area contributed by atoms with Crippen LogP contribution in [-0.4, -0.2) is 75.7 Å². The second kappa shape index (κ2) is 16.3. The Hall–Kier alpha value is -9.56. The predicted octanol–water partition coefficient (Wildman–Crippen LogP) is 7.98.